The lowest BCUT2D eigenvalue weighted by atomic mass is 9.94. The van der Waals surface area contributed by atoms with Gasteiger partial charge in [-0.25, -0.2) is 0 Å². The predicted molar refractivity (Wildman–Crippen MR) is 85.5 cm³/mol. The molecule has 1 aromatic rings. The van der Waals surface area contributed by atoms with Gasteiger partial charge in [0.25, 0.3) is 0 Å². The Bertz CT molecular complexity index is 461. The molecular formula is C15H22Cl2N2O. The summed E-state index contributed by atoms with van der Waals surface area (Å²) >= 11 is 12.1. The molecule has 0 aromatic heterocycles. The first-order valence-corrected chi connectivity index (χ1v) is 7.49. The van der Waals surface area contributed by atoms with E-state index in [2.05, 4.69) is 10.6 Å². The summed E-state index contributed by atoms with van der Waals surface area (Å²) < 4.78 is 0. The van der Waals surface area contributed by atoms with Gasteiger partial charge in [-0.3, -0.25) is 4.79 Å². The summed E-state index contributed by atoms with van der Waals surface area (Å²) in [6.07, 6.45) is 2.03. The Kier molecular flexibility index (Phi) is 6.80. The van der Waals surface area contributed by atoms with Crippen molar-refractivity contribution in [2.75, 3.05) is 13.6 Å². The third-order valence-corrected chi connectivity index (χ3v) is 3.54. The van der Waals surface area contributed by atoms with Crippen molar-refractivity contribution >= 4 is 29.1 Å². The molecule has 0 spiro atoms. The topological polar surface area (TPSA) is 41.1 Å². The molecule has 0 unspecified atom stereocenters. The van der Waals surface area contributed by atoms with Gasteiger partial charge >= 0.3 is 0 Å². The van der Waals surface area contributed by atoms with E-state index in [0.717, 1.165) is 18.5 Å². The second-order valence-corrected chi connectivity index (χ2v) is 6.40. The molecule has 0 heterocycles. The second kappa shape index (κ2) is 7.87. The van der Waals surface area contributed by atoms with E-state index in [-0.39, 0.29) is 11.4 Å². The standard InChI is InChI=1S/C15H22Cl2N2O/c1-15(2,19-14(20)5-4-8-18-3)10-11-6-7-12(16)9-13(11)17/h6-7,9,18H,4-5,8,10H2,1-3H3,(H,19,20). The molecule has 0 aliphatic carbocycles. The number of carbonyl (C=O) groups excluding carboxylic acids is 1. The minimum Gasteiger partial charge on any atom is -0.351 e. The third kappa shape index (κ3) is 6.12. The molecule has 1 rings (SSSR count). The molecule has 0 aliphatic heterocycles. The van der Waals surface area contributed by atoms with Crippen LogP contribution in [0.5, 0.6) is 0 Å². The molecule has 0 aliphatic rings. The Balaban J connectivity index is 2.58. The van der Waals surface area contributed by atoms with E-state index in [1.807, 2.05) is 33.0 Å². The Morgan fingerprint density at radius 2 is 2.00 bits per heavy atom. The molecule has 3 nitrogen and oxygen atoms in total. The third-order valence-electron chi connectivity index (χ3n) is 2.96. The molecule has 20 heavy (non-hydrogen) atoms. The maximum absolute atomic E-state index is 11.9. The molecule has 1 amide bonds. The van der Waals surface area contributed by atoms with Crippen molar-refractivity contribution in [2.24, 2.45) is 0 Å². The molecule has 1 aromatic carbocycles. The van der Waals surface area contributed by atoms with E-state index < -0.39 is 0 Å². The highest BCUT2D eigenvalue weighted by molar-refractivity contribution is 6.35. The van der Waals surface area contributed by atoms with Gasteiger partial charge in [0.1, 0.15) is 0 Å². The average molecular weight is 317 g/mol. The Morgan fingerprint density at radius 3 is 2.60 bits per heavy atom. The number of carbonyl (C=O) groups is 1. The van der Waals surface area contributed by atoms with E-state index in [9.17, 15) is 4.79 Å². The van der Waals surface area contributed by atoms with Crippen molar-refractivity contribution in [1.82, 2.24) is 10.6 Å². The highest BCUT2D eigenvalue weighted by Gasteiger charge is 2.21. The van der Waals surface area contributed by atoms with Gasteiger partial charge in [0.05, 0.1) is 0 Å². The van der Waals surface area contributed by atoms with Crippen LogP contribution in [0.2, 0.25) is 10.0 Å². The first kappa shape index (κ1) is 17.3. The first-order valence-electron chi connectivity index (χ1n) is 6.73. The van der Waals surface area contributed by atoms with Crippen molar-refractivity contribution in [2.45, 2.75) is 38.6 Å². The minimum absolute atomic E-state index is 0.0651. The fraction of sp³-hybridized carbons (Fsp3) is 0.533. The summed E-state index contributed by atoms with van der Waals surface area (Å²) in [6, 6.07) is 5.44. The minimum atomic E-state index is -0.339. The van der Waals surface area contributed by atoms with Gasteiger partial charge in [-0.2, -0.15) is 0 Å². The van der Waals surface area contributed by atoms with Gasteiger partial charge in [-0.1, -0.05) is 29.3 Å². The average Bonchev–Trinajstić information content (AvgIpc) is 2.32. The van der Waals surface area contributed by atoms with Crippen molar-refractivity contribution in [3.8, 4) is 0 Å². The number of rotatable bonds is 7. The molecule has 2 N–H and O–H groups in total. The SMILES string of the molecule is CNCCCC(=O)NC(C)(C)Cc1ccc(Cl)cc1Cl. The molecule has 112 valence electrons. The molecule has 0 saturated heterocycles. The van der Waals surface area contributed by atoms with Crippen LogP contribution in [0.3, 0.4) is 0 Å². The Labute approximate surface area is 131 Å². The zero-order chi connectivity index (χ0) is 15.2. The largest absolute Gasteiger partial charge is 0.351 e. The highest BCUT2D eigenvalue weighted by Crippen LogP contribution is 2.24. The van der Waals surface area contributed by atoms with Crippen molar-refractivity contribution < 1.29 is 4.79 Å². The quantitative estimate of drug-likeness (QED) is 0.757. The van der Waals surface area contributed by atoms with Crippen LogP contribution in [-0.4, -0.2) is 25.0 Å². The van der Waals surface area contributed by atoms with Gasteiger partial charge < -0.3 is 10.6 Å². The van der Waals surface area contributed by atoms with Crippen molar-refractivity contribution in [3.05, 3.63) is 33.8 Å². The molecule has 0 bridgehead atoms. The lowest BCUT2D eigenvalue weighted by molar-refractivity contribution is -0.122. The smallest absolute Gasteiger partial charge is 0.220 e. The molecule has 0 radical (unpaired) electrons. The van der Waals surface area contributed by atoms with Crippen LogP contribution < -0.4 is 10.6 Å². The van der Waals surface area contributed by atoms with E-state index in [1.165, 1.54) is 0 Å². The molecule has 0 fully saturated rings. The zero-order valence-electron chi connectivity index (χ0n) is 12.2. The van der Waals surface area contributed by atoms with Crippen LogP contribution in [0.1, 0.15) is 32.3 Å². The van der Waals surface area contributed by atoms with Gasteiger partial charge in [-0.05, 0) is 58.0 Å². The number of benzene rings is 1. The number of hydrogen-bond donors (Lipinski definition) is 2. The summed E-state index contributed by atoms with van der Waals surface area (Å²) in [4.78, 5) is 11.9. The summed E-state index contributed by atoms with van der Waals surface area (Å²) in [5.74, 6) is 0.0651. The monoisotopic (exact) mass is 316 g/mol. The van der Waals surface area contributed by atoms with Crippen molar-refractivity contribution in [3.63, 3.8) is 0 Å². The zero-order valence-corrected chi connectivity index (χ0v) is 13.7. The van der Waals surface area contributed by atoms with E-state index >= 15 is 0 Å². The van der Waals surface area contributed by atoms with Crippen LogP contribution in [-0.2, 0) is 11.2 Å². The molecule has 5 heteroatoms. The van der Waals surface area contributed by atoms with Crippen molar-refractivity contribution in [1.29, 1.82) is 0 Å². The number of halogens is 2. The van der Waals surface area contributed by atoms with E-state index in [4.69, 9.17) is 23.2 Å². The summed E-state index contributed by atoms with van der Waals surface area (Å²) in [7, 11) is 1.88. The van der Waals surface area contributed by atoms with Crippen LogP contribution in [0.4, 0.5) is 0 Å². The van der Waals surface area contributed by atoms with Gasteiger partial charge in [-0.15, -0.1) is 0 Å². The van der Waals surface area contributed by atoms with Crippen LogP contribution in [0.15, 0.2) is 18.2 Å². The lowest BCUT2D eigenvalue weighted by Crippen LogP contribution is -2.45. The maximum atomic E-state index is 11.9. The summed E-state index contributed by atoms with van der Waals surface area (Å²) in [5, 5.41) is 7.33. The van der Waals surface area contributed by atoms with Crippen LogP contribution in [0.25, 0.3) is 0 Å². The van der Waals surface area contributed by atoms with Crippen LogP contribution in [0, 0.1) is 0 Å². The van der Waals surface area contributed by atoms with Gasteiger partial charge in [0, 0.05) is 22.0 Å². The maximum Gasteiger partial charge on any atom is 0.220 e. The fourth-order valence-electron chi connectivity index (χ4n) is 2.05. The number of nitrogens with one attached hydrogen (secondary N) is 2. The number of amides is 1. The fourth-order valence-corrected chi connectivity index (χ4v) is 2.53. The summed E-state index contributed by atoms with van der Waals surface area (Å²) in [5.41, 5.74) is 0.644. The lowest BCUT2D eigenvalue weighted by Gasteiger charge is -2.27. The normalized spacial score (nSPS) is 11.4. The summed E-state index contributed by atoms with van der Waals surface area (Å²) in [6.45, 7) is 4.83. The van der Waals surface area contributed by atoms with Gasteiger partial charge in [0.15, 0.2) is 0 Å². The highest BCUT2D eigenvalue weighted by atomic mass is 35.5. The Morgan fingerprint density at radius 1 is 1.30 bits per heavy atom. The molecule has 0 saturated carbocycles. The van der Waals surface area contributed by atoms with E-state index in [0.29, 0.717) is 22.9 Å². The Hall–Kier alpha value is -0.770. The first-order chi connectivity index (χ1) is 9.34. The molecule has 0 atom stereocenters. The van der Waals surface area contributed by atoms with E-state index in [1.54, 1.807) is 6.07 Å². The second-order valence-electron chi connectivity index (χ2n) is 5.55. The number of hydrogen-bond acceptors (Lipinski definition) is 2. The molecular weight excluding hydrogens is 295 g/mol. The van der Waals surface area contributed by atoms with Gasteiger partial charge in [0.2, 0.25) is 5.91 Å². The predicted octanol–water partition coefficient (Wildman–Crippen LogP) is 3.43. The van der Waals surface area contributed by atoms with Crippen LogP contribution >= 0.6 is 23.2 Å².